The Morgan fingerprint density at radius 2 is 1.88 bits per heavy atom. The number of nitrogens with two attached hydrogens (primary N) is 1. The van der Waals surface area contributed by atoms with Crippen molar-refractivity contribution in [2.75, 3.05) is 6.61 Å². The molecule has 8 nitrogen and oxygen atoms in total. The maximum atomic E-state index is 11.9. The first-order chi connectivity index (χ1) is 11.7. The number of nitrogens with zero attached hydrogens (tertiary/aromatic N) is 1. The average Bonchev–Trinajstić information content (AvgIpc) is 2.98. The van der Waals surface area contributed by atoms with Crippen molar-refractivity contribution < 1.29 is 22.7 Å². The van der Waals surface area contributed by atoms with Crippen LogP contribution in [0.1, 0.15) is 29.0 Å². The molecule has 2 rings (SSSR count). The van der Waals surface area contributed by atoms with Crippen LogP contribution >= 0.6 is 0 Å². The number of ether oxygens (including phenoxy) is 1. The normalized spacial score (nSPS) is 12.4. The first-order valence-corrected chi connectivity index (χ1v) is 8.93. The number of esters is 1. The first-order valence-electron chi connectivity index (χ1n) is 7.39. The number of aromatic nitrogens is 1. The van der Waals surface area contributed by atoms with Crippen molar-refractivity contribution in [3.63, 3.8) is 0 Å². The third-order valence-electron chi connectivity index (χ3n) is 3.57. The highest BCUT2D eigenvalue weighted by molar-refractivity contribution is 7.89. The SMILES string of the molecule is C[C@@H](NC(=O)COC(=O)c1cccn1C)c1ccc(S(N)(=O)=O)cc1. The van der Waals surface area contributed by atoms with Gasteiger partial charge < -0.3 is 14.6 Å². The Bertz CT molecular complexity index is 871. The molecule has 0 radical (unpaired) electrons. The van der Waals surface area contributed by atoms with E-state index in [-0.39, 0.29) is 4.90 Å². The predicted molar refractivity (Wildman–Crippen MR) is 90.1 cm³/mol. The zero-order valence-corrected chi connectivity index (χ0v) is 14.6. The van der Waals surface area contributed by atoms with Gasteiger partial charge in [-0.15, -0.1) is 0 Å². The van der Waals surface area contributed by atoms with Crippen LogP contribution in [0.3, 0.4) is 0 Å². The molecule has 2 aromatic rings. The van der Waals surface area contributed by atoms with Crippen molar-refractivity contribution in [3.8, 4) is 0 Å². The number of amides is 1. The molecule has 0 spiro atoms. The second-order valence-electron chi connectivity index (χ2n) is 5.48. The van der Waals surface area contributed by atoms with Crippen LogP contribution in [0.15, 0.2) is 47.5 Å². The van der Waals surface area contributed by atoms with Gasteiger partial charge in [0.1, 0.15) is 5.69 Å². The number of carbonyl (C=O) groups excluding carboxylic acids is 2. The summed E-state index contributed by atoms with van der Waals surface area (Å²) >= 11 is 0. The van der Waals surface area contributed by atoms with Crippen LogP contribution in [0.5, 0.6) is 0 Å². The number of sulfonamides is 1. The Morgan fingerprint density at radius 3 is 2.40 bits per heavy atom. The van der Waals surface area contributed by atoms with Gasteiger partial charge in [0.15, 0.2) is 6.61 Å². The molecule has 0 aliphatic rings. The van der Waals surface area contributed by atoms with E-state index < -0.39 is 34.5 Å². The van der Waals surface area contributed by atoms with Crippen LogP contribution in [0, 0.1) is 0 Å². The molecule has 0 aliphatic carbocycles. The summed E-state index contributed by atoms with van der Waals surface area (Å²) in [5, 5.41) is 7.70. The number of hydrogen-bond acceptors (Lipinski definition) is 5. The second-order valence-corrected chi connectivity index (χ2v) is 7.05. The molecule has 0 aliphatic heterocycles. The lowest BCUT2D eigenvalue weighted by atomic mass is 10.1. The van der Waals surface area contributed by atoms with Crippen molar-refractivity contribution in [2.45, 2.75) is 17.9 Å². The third kappa shape index (κ3) is 4.91. The standard InChI is InChI=1S/C16H19N3O5S/c1-11(12-5-7-13(8-6-12)25(17,22)23)18-15(20)10-24-16(21)14-4-3-9-19(14)2/h3-9,11H,10H2,1-2H3,(H,18,20)(H2,17,22,23)/t11-/m1/s1. The summed E-state index contributed by atoms with van der Waals surface area (Å²) in [5.41, 5.74) is 1.04. The van der Waals surface area contributed by atoms with Gasteiger partial charge in [0.05, 0.1) is 10.9 Å². The van der Waals surface area contributed by atoms with E-state index >= 15 is 0 Å². The van der Waals surface area contributed by atoms with Crippen molar-refractivity contribution >= 4 is 21.9 Å². The summed E-state index contributed by atoms with van der Waals surface area (Å²) in [6.45, 7) is 1.31. The molecule has 0 bridgehead atoms. The van der Waals surface area contributed by atoms with Crippen LogP contribution in [-0.4, -0.2) is 31.5 Å². The van der Waals surface area contributed by atoms with E-state index in [0.29, 0.717) is 11.3 Å². The minimum Gasteiger partial charge on any atom is -0.451 e. The molecule has 1 atom stereocenters. The fourth-order valence-corrected chi connectivity index (χ4v) is 2.71. The predicted octanol–water partition coefficient (Wildman–Crippen LogP) is 0.707. The highest BCUT2D eigenvalue weighted by Gasteiger charge is 2.15. The van der Waals surface area contributed by atoms with Crippen LogP contribution in [0.2, 0.25) is 0 Å². The largest absolute Gasteiger partial charge is 0.451 e. The number of aryl methyl sites for hydroxylation is 1. The molecule has 0 saturated carbocycles. The number of carbonyl (C=O) groups is 2. The van der Waals surface area contributed by atoms with Gasteiger partial charge in [-0.2, -0.15) is 0 Å². The van der Waals surface area contributed by atoms with E-state index in [1.807, 2.05) is 0 Å². The first kappa shape index (κ1) is 18.7. The molecular weight excluding hydrogens is 346 g/mol. The summed E-state index contributed by atoms with van der Waals surface area (Å²) in [4.78, 5) is 23.7. The van der Waals surface area contributed by atoms with Gasteiger partial charge >= 0.3 is 5.97 Å². The minimum atomic E-state index is -3.76. The van der Waals surface area contributed by atoms with Gasteiger partial charge in [0, 0.05) is 13.2 Å². The summed E-state index contributed by atoms with van der Waals surface area (Å²) in [5.74, 6) is -1.06. The maximum Gasteiger partial charge on any atom is 0.355 e. The monoisotopic (exact) mass is 365 g/mol. The zero-order valence-electron chi connectivity index (χ0n) is 13.8. The fraction of sp³-hybridized carbons (Fsp3) is 0.250. The highest BCUT2D eigenvalue weighted by atomic mass is 32.2. The molecule has 1 aromatic heterocycles. The van der Waals surface area contributed by atoms with Gasteiger partial charge in [0.25, 0.3) is 5.91 Å². The zero-order chi connectivity index (χ0) is 18.6. The van der Waals surface area contributed by atoms with Crippen molar-refractivity contribution in [1.82, 2.24) is 9.88 Å². The Hall–Kier alpha value is -2.65. The molecule has 0 fully saturated rings. The molecular formula is C16H19N3O5S. The van der Waals surface area contributed by atoms with E-state index in [9.17, 15) is 18.0 Å². The Kier molecular flexibility index (Phi) is 5.60. The number of hydrogen-bond donors (Lipinski definition) is 2. The molecule has 1 heterocycles. The fourth-order valence-electron chi connectivity index (χ4n) is 2.19. The smallest absolute Gasteiger partial charge is 0.355 e. The van der Waals surface area contributed by atoms with Crippen molar-refractivity contribution in [3.05, 3.63) is 53.9 Å². The quantitative estimate of drug-likeness (QED) is 0.730. The number of benzene rings is 1. The van der Waals surface area contributed by atoms with Crippen LogP contribution in [0.25, 0.3) is 0 Å². The molecule has 1 amide bonds. The van der Waals surface area contributed by atoms with E-state index in [2.05, 4.69) is 5.32 Å². The summed E-state index contributed by atoms with van der Waals surface area (Å²) < 4.78 is 29.0. The van der Waals surface area contributed by atoms with Gasteiger partial charge in [-0.25, -0.2) is 18.4 Å². The number of rotatable bonds is 6. The average molecular weight is 365 g/mol. The molecule has 25 heavy (non-hydrogen) atoms. The second kappa shape index (κ2) is 7.49. The van der Waals surface area contributed by atoms with Gasteiger partial charge in [0.2, 0.25) is 10.0 Å². The van der Waals surface area contributed by atoms with Gasteiger partial charge in [-0.05, 0) is 36.8 Å². The van der Waals surface area contributed by atoms with E-state index in [4.69, 9.17) is 9.88 Å². The lowest BCUT2D eigenvalue weighted by Crippen LogP contribution is -2.31. The summed E-state index contributed by atoms with van der Waals surface area (Å²) in [6, 6.07) is 8.74. The van der Waals surface area contributed by atoms with Crippen LogP contribution in [-0.2, 0) is 26.6 Å². The lowest BCUT2D eigenvalue weighted by Gasteiger charge is -2.15. The van der Waals surface area contributed by atoms with Gasteiger partial charge in [-0.3, -0.25) is 4.79 Å². The Morgan fingerprint density at radius 1 is 1.24 bits per heavy atom. The summed E-state index contributed by atoms with van der Waals surface area (Å²) in [7, 11) is -2.06. The number of primary sulfonamides is 1. The van der Waals surface area contributed by atoms with Crippen molar-refractivity contribution in [2.24, 2.45) is 12.2 Å². The maximum absolute atomic E-state index is 11.9. The molecule has 134 valence electrons. The molecule has 0 unspecified atom stereocenters. The van der Waals surface area contributed by atoms with E-state index in [1.165, 1.54) is 12.1 Å². The molecule has 0 saturated heterocycles. The van der Waals surface area contributed by atoms with Crippen LogP contribution in [0.4, 0.5) is 0 Å². The lowest BCUT2D eigenvalue weighted by molar-refractivity contribution is -0.124. The minimum absolute atomic E-state index is 0.00808. The van der Waals surface area contributed by atoms with E-state index in [1.54, 1.807) is 49.0 Å². The van der Waals surface area contributed by atoms with Gasteiger partial charge in [-0.1, -0.05) is 12.1 Å². The Labute approximate surface area is 145 Å². The van der Waals surface area contributed by atoms with Crippen molar-refractivity contribution in [1.29, 1.82) is 0 Å². The van der Waals surface area contributed by atoms with E-state index in [0.717, 1.165) is 0 Å². The Balaban J connectivity index is 1.89. The summed E-state index contributed by atoms with van der Waals surface area (Å²) in [6.07, 6.45) is 1.70. The molecule has 9 heteroatoms. The number of nitrogens with one attached hydrogen (secondary N) is 1. The topological polar surface area (TPSA) is 120 Å². The third-order valence-corrected chi connectivity index (χ3v) is 4.50. The van der Waals surface area contributed by atoms with Crippen LogP contribution < -0.4 is 10.5 Å². The highest BCUT2D eigenvalue weighted by Crippen LogP contribution is 2.15. The molecule has 1 aromatic carbocycles. The molecule has 3 N–H and O–H groups in total.